The Kier molecular flexibility index (Phi) is 13.6. The fraction of sp³-hybridized carbons (Fsp3) is 0.455. The summed E-state index contributed by atoms with van der Waals surface area (Å²) in [5, 5.41) is 0. The summed E-state index contributed by atoms with van der Waals surface area (Å²) in [4.78, 5) is 20.7. The summed E-state index contributed by atoms with van der Waals surface area (Å²) in [5.74, 6) is -0.252. The molecule has 2 aromatic rings. The van der Waals surface area contributed by atoms with Crippen LogP contribution in [0.4, 0.5) is 5.69 Å². The van der Waals surface area contributed by atoms with Gasteiger partial charge >= 0.3 is 0 Å². The van der Waals surface area contributed by atoms with E-state index in [1.807, 2.05) is 18.3 Å². The van der Waals surface area contributed by atoms with Crippen LogP contribution >= 0.6 is 24.8 Å². The summed E-state index contributed by atoms with van der Waals surface area (Å²) in [7, 11) is 0. The zero-order chi connectivity index (χ0) is 19.6. The first kappa shape index (κ1) is 31.3. The van der Waals surface area contributed by atoms with E-state index in [0.29, 0.717) is 13.0 Å². The average molecular weight is 475 g/mol. The third-order valence-electron chi connectivity index (χ3n) is 5.81. The minimum Gasteiger partial charge on any atom is -0.412 e. The van der Waals surface area contributed by atoms with Gasteiger partial charge in [0.15, 0.2) is 0 Å². The van der Waals surface area contributed by atoms with E-state index in [1.54, 1.807) is 0 Å². The molecule has 1 aliphatic rings. The van der Waals surface area contributed by atoms with E-state index in [-0.39, 0.29) is 47.7 Å². The zero-order valence-electron chi connectivity index (χ0n) is 18.6. The molecule has 1 aromatic carbocycles. The van der Waals surface area contributed by atoms with Crippen molar-refractivity contribution in [1.29, 1.82) is 0 Å². The van der Waals surface area contributed by atoms with Crippen LogP contribution in [0.3, 0.4) is 0 Å². The molecule has 1 aliphatic heterocycles. The van der Waals surface area contributed by atoms with Crippen LogP contribution in [-0.4, -0.2) is 52.9 Å². The molecule has 9 heteroatoms. The van der Waals surface area contributed by atoms with E-state index >= 15 is 0 Å². The number of pyridine rings is 1. The van der Waals surface area contributed by atoms with E-state index in [0.717, 1.165) is 25.3 Å². The molecule has 6 N–H and O–H groups in total. The van der Waals surface area contributed by atoms with E-state index in [9.17, 15) is 4.79 Å². The number of primary amides is 1. The Morgan fingerprint density at radius 3 is 2.19 bits per heavy atom. The molecule has 0 radical (unpaired) electrons. The summed E-state index contributed by atoms with van der Waals surface area (Å²) in [5.41, 5.74) is 13.2. The molecule has 0 bridgehead atoms. The highest BCUT2D eigenvalue weighted by molar-refractivity contribution is 5.85. The number of nitrogens with zero attached hydrogens (tertiary/aromatic N) is 3. The van der Waals surface area contributed by atoms with Gasteiger partial charge in [-0.25, -0.2) is 0 Å². The smallest absolute Gasteiger partial charge is 0.218 e. The molecule has 0 aliphatic carbocycles. The van der Waals surface area contributed by atoms with E-state index in [1.165, 1.54) is 27.9 Å². The molecule has 1 saturated heterocycles. The van der Waals surface area contributed by atoms with E-state index < -0.39 is 0 Å². The predicted molar refractivity (Wildman–Crippen MR) is 132 cm³/mol. The first-order valence-corrected chi connectivity index (χ1v) is 9.64. The number of amides is 1. The number of piperazine rings is 1. The van der Waals surface area contributed by atoms with Gasteiger partial charge in [0.1, 0.15) is 0 Å². The molecule has 1 amide bonds. The second-order valence-electron chi connectivity index (χ2n) is 7.58. The number of carbonyl (C=O) groups excluding carboxylic acids is 1. The lowest BCUT2D eigenvalue weighted by atomic mass is 9.96. The lowest BCUT2D eigenvalue weighted by Crippen LogP contribution is -2.49. The van der Waals surface area contributed by atoms with Gasteiger partial charge in [-0.2, -0.15) is 0 Å². The van der Waals surface area contributed by atoms with Crippen molar-refractivity contribution in [2.75, 3.05) is 31.1 Å². The number of anilines is 1. The Bertz CT molecular complexity index is 811. The maximum atomic E-state index is 11.3. The van der Waals surface area contributed by atoms with Crippen molar-refractivity contribution in [3.05, 3.63) is 58.4 Å². The van der Waals surface area contributed by atoms with E-state index in [4.69, 9.17) is 5.73 Å². The van der Waals surface area contributed by atoms with Crippen LogP contribution in [0.25, 0.3) is 0 Å². The molecule has 7 nitrogen and oxygen atoms in total. The Morgan fingerprint density at radius 1 is 1.06 bits per heavy atom. The van der Waals surface area contributed by atoms with Gasteiger partial charge in [-0.3, -0.25) is 14.7 Å². The first-order valence-electron chi connectivity index (χ1n) is 9.64. The number of halogens is 2. The predicted octanol–water partition coefficient (Wildman–Crippen LogP) is 2.25. The molecule has 31 heavy (non-hydrogen) atoms. The normalized spacial score (nSPS) is 15.6. The molecule has 3 rings (SSSR count). The second kappa shape index (κ2) is 13.5. The highest BCUT2D eigenvalue weighted by atomic mass is 35.5. The maximum Gasteiger partial charge on any atom is 0.218 e. The van der Waals surface area contributed by atoms with Gasteiger partial charge in [0.05, 0.1) is 11.7 Å². The molecule has 1 atom stereocenters. The molecule has 1 unspecified atom stereocenters. The number of aryl methyl sites for hydroxylation is 2. The Hall–Kier alpha value is -1.90. The van der Waals surface area contributed by atoms with Gasteiger partial charge in [-0.05, 0) is 62.1 Å². The van der Waals surface area contributed by atoms with E-state index in [2.05, 4.69) is 54.6 Å². The number of aromatic nitrogens is 1. The van der Waals surface area contributed by atoms with Gasteiger partial charge in [0, 0.05) is 44.5 Å². The summed E-state index contributed by atoms with van der Waals surface area (Å²) in [6.45, 7) is 12.2. The molecule has 1 aromatic heterocycles. The van der Waals surface area contributed by atoms with Crippen molar-refractivity contribution in [3.63, 3.8) is 0 Å². The van der Waals surface area contributed by atoms with Crippen molar-refractivity contribution in [1.82, 2.24) is 9.88 Å². The highest BCUT2D eigenvalue weighted by Gasteiger charge is 2.30. The van der Waals surface area contributed by atoms with Crippen LogP contribution in [0.2, 0.25) is 0 Å². The lowest BCUT2D eigenvalue weighted by molar-refractivity contribution is -0.118. The van der Waals surface area contributed by atoms with Crippen LogP contribution in [0.15, 0.2) is 30.5 Å². The van der Waals surface area contributed by atoms with Gasteiger partial charge in [0.2, 0.25) is 5.91 Å². The third kappa shape index (κ3) is 7.05. The quantitative estimate of drug-likeness (QED) is 0.712. The SMILES string of the molecule is Cc1cc(C)c(C)c(N2CCN(CCC(N)=O)C(c3ccccn3)C2)c1C.Cl.Cl.O.O. The lowest BCUT2D eigenvalue weighted by Gasteiger charge is -2.43. The van der Waals surface area contributed by atoms with Crippen molar-refractivity contribution >= 4 is 36.4 Å². The number of hydrogen-bond donors (Lipinski definition) is 1. The molecule has 2 heterocycles. The number of rotatable bonds is 5. The minimum absolute atomic E-state index is 0. The third-order valence-corrected chi connectivity index (χ3v) is 5.81. The zero-order valence-corrected chi connectivity index (χ0v) is 20.3. The Morgan fingerprint density at radius 2 is 1.68 bits per heavy atom. The first-order chi connectivity index (χ1) is 12.9. The number of hydrogen-bond acceptors (Lipinski definition) is 4. The molecular weight excluding hydrogens is 439 g/mol. The van der Waals surface area contributed by atoms with Gasteiger partial charge in [0.25, 0.3) is 0 Å². The summed E-state index contributed by atoms with van der Waals surface area (Å²) >= 11 is 0. The standard InChI is InChI=1S/C22H30N4O.2ClH.2H2O/c1-15-13-16(2)18(4)22(17(15)3)26-12-11-25(10-8-21(23)27)20(14-26)19-7-5-6-9-24-19;;;;/h5-7,9,13,20H,8,10-12,14H2,1-4H3,(H2,23,27);2*1H;2*1H2. The van der Waals surface area contributed by atoms with Crippen LogP contribution < -0.4 is 10.6 Å². The Balaban J connectivity index is 0. The highest BCUT2D eigenvalue weighted by Crippen LogP contribution is 2.34. The number of carbonyl (C=O) groups is 1. The molecular formula is C22H36Cl2N4O3. The van der Waals surface area contributed by atoms with Crippen molar-refractivity contribution < 1.29 is 15.7 Å². The fourth-order valence-electron chi connectivity index (χ4n) is 4.07. The number of benzene rings is 1. The summed E-state index contributed by atoms with van der Waals surface area (Å²) in [6, 6.07) is 8.47. The molecule has 1 fully saturated rings. The van der Waals surface area contributed by atoms with Gasteiger partial charge in [-0.15, -0.1) is 24.8 Å². The van der Waals surface area contributed by atoms with Crippen molar-refractivity contribution in [3.8, 4) is 0 Å². The topological polar surface area (TPSA) is 125 Å². The second-order valence-corrected chi connectivity index (χ2v) is 7.58. The van der Waals surface area contributed by atoms with Gasteiger partial charge < -0.3 is 21.6 Å². The van der Waals surface area contributed by atoms with Crippen LogP contribution in [0.5, 0.6) is 0 Å². The van der Waals surface area contributed by atoms with Crippen LogP contribution in [-0.2, 0) is 4.79 Å². The summed E-state index contributed by atoms with van der Waals surface area (Å²) in [6.07, 6.45) is 2.22. The van der Waals surface area contributed by atoms with Crippen LogP contribution in [0, 0.1) is 27.7 Å². The van der Waals surface area contributed by atoms with Crippen molar-refractivity contribution in [2.24, 2.45) is 5.73 Å². The number of nitrogens with two attached hydrogens (primary N) is 1. The minimum atomic E-state index is -0.252. The fourth-order valence-corrected chi connectivity index (χ4v) is 4.07. The van der Waals surface area contributed by atoms with Gasteiger partial charge in [-0.1, -0.05) is 12.1 Å². The Labute approximate surface area is 197 Å². The molecule has 0 saturated carbocycles. The average Bonchev–Trinajstić information content (AvgIpc) is 2.66. The molecule has 176 valence electrons. The largest absolute Gasteiger partial charge is 0.412 e. The maximum absolute atomic E-state index is 11.3. The monoisotopic (exact) mass is 474 g/mol. The summed E-state index contributed by atoms with van der Waals surface area (Å²) < 4.78 is 0. The van der Waals surface area contributed by atoms with Crippen molar-refractivity contribution in [2.45, 2.75) is 40.2 Å². The van der Waals surface area contributed by atoms with Crippen LogP contribution in [0.1, 0.15) is 40.4 Å². The molecule has 0 spiro atoms.